The van der Waals surface area contributed by atoms with E-state index in [2.05, 4.69) is 4.99 Å². The van der Waals surface area contributed by atoms with Crippen molar-refractivity contribution in [1.29, 1.82) is 0 Å². The number of rotatable bonds is 4. The summed E-state index contributed by atoms with van der Waals surface area (Å²) in [6, 6.07) is 0. The van der Waals surface area contributed by atoms with Gasteiger partial charge in [0, 0.05) is 26.5 Å². The van der Waals surface area contributed by atoms with Crippen LogP contribution in [0.15, 0.2) is 4.99 Å². The van der Waals surface area contributed by atoms with Crippen LogP contribution in [0.3, 0.4) is 0 Å². The van der Waals surface area contributed by atoms with Crippen molar-refractivity contribution >= 4 is 6.21 Å². The smallest absolute Gasteiger partial charge is 0.0893 e. The molecule has 0 bridgehead atoms. The van der Waals surface area contributed by atoms with Gasteiger partial charge in [-0.2, -0.15) is 0 Å². The van der Waals surface area contributed by atoms with Crippen LogP contribution in [0.2, 0.25) is 0 Å². The quantitative estimate of drug-likeness (QED) is 0.622. The number of ether oxygens (including phenoxy) is 2. The fourth-order valence-electron chi connectivity index (χ4n) is 1.45. The molecule has 1 aliphatic rings. The van der Waals surface area contributed by atoms with Crippen molar-refractivity contribution in [2.45, 2.75) is 25.9 Å². The second kappa shape index (κ2) is 6.11. The summed E-state index contributed by atoms with van der Waals surface area (Å²) in [5.74, 6) is 0.682. The van der Waals surface area contributed by atoms with E-state index in [4.69, 9.17) is 9.47 Å². The molecule has 1 aliphatic heterocycles. The lowest BCUT2D eigenvalue weighted by Gasteiger charge is -2.22. The van der Waals surface area contributed by atoms with Crippen LogP contribution in [-0.4, -0.2) is 39.2 Å². The molecule has 3 heteroatoms. The van der Waals surface area contributed by atoms with Gasteiger partial charge >= 0.3 is 0 Å². The molecule has 0 spiro atoms. The second-order valence-electron chi connectivity index (χ2n) is 3.50. The van der Waals surface area contributed by atoms with E-state index in [9.17, 15) is 0 Å². The summed E-state index contributed by atoms with van der Waals surface area (Å²) in [5.41, 5.74) is 0. The number of aliphatic imine (C=N–C) groups is 1. The molecule has 0 amide bonds. The first-order valence-corrected chi connectivity index (χ1v) is 4.94. The highest BCUT2D eigenvalue weighted by atomic mass is 16.5. The fraction of sp³-hybridized carbons (Fsp3) is 0.900. The molecule has 0 saturated carbocycles. The Hall–Kier alpha value is -0.410. The van der Waals surface area contributed by atoms with Crippen LogP contribution in [0.5, 0.6) is 0 Å². The Morgan fingerprint density at radius 2 is 2.23 bits per heavy atom. The van der Waals surface area contributed by atoms with Gasteiger partial charge in [0.05, 0.1) is 12.7 Å². The van der Waals surface area contributed by atoms with Crippen molar-refractivity contribution in [2.24, 2.45) is 10.9 Å². The van der Waals surface area contributed by atoms with Crippen LogP contribution in [0, 0.1) is 5.92 Å². The molecular weight excluding hydrogens is 166 g/mol. The van der Waals surface area contributed by atoms with E-state index in [-0.39, 0.29) is 6.10 Å². The summed E-state index contributed by atoms with van der Waals surface area (Å²) in [5, 5.41) is 0. The van der Waals surface area contributed by atoms with Crippen molar-refractivity contribution in [3.63, 3.8) is 0 Å². The fourth-order valence-corrected chi connectivity index (χ4v) is 1.45. The largest absolute Gasteiger partial charge is 0.381 e. The standard InChI is InChI=1S/C10H19NO2/c1-9(7-11-2)13-8-10-3-5-12-6-4-10/h7,9-10H,3-6,8H2,1-2H3. The Balaban J connectivity index is 2.09. The molecule has 0 aromatic heterocycles. The van der Waals surface area contributed by atoms with Crippen molar-refractivity contribution in [3.8, 4) is 0 Å². The Morgan fingerprint density at radius 3 is 2.85 bits per heavy atom. The lowest BCUT2D eigenvalue weighted by Crippen LogP contribution is -2.23. The monoisotopic (exact) mass is 185 g/mol. The topological polar surface area (TPSA) is 30.8 Å². The van der Waals surface area contributed by atoms with E-state index in [1.54, 1.807) is 7.05 Å². The molecule has 0 aromatic carbocycles. The lowest BCUT2D eigenvalue weighted by molar-refractivity contribution is 0.0134. The van der Waals surface area contributed by atoms with E-state index in [0.29, 0.717) is 5.92 Å². The van der Waals surface area contributed by atoms with Crippen LogP contribution < -0.4 is 0 Å². The van der Waals surface area contributed by atoms with Crippen molar-refractivity contribution in [2.75, 3.05) is 26.9 Å². The van der Waals surface area contributed by atoms with Crippen LogP contribution >= 0.6 is 0 Å². The van der Waals surface area contributed by atoms with Gasteiger partial charge in [-0.1, -0.05) is 0 Å². The third-order valence-corrected chi connectivity index (χ3v) is 2.29. The molecule has 1 unspecified atom stereocenters. The third kappa shape index (κ3) is 4.39. The van der Waals surface area contributed by atoms with Gasteiger partial charge in [0.15, 0.2) is 0 Å². The maximum absolute atomic E-state index is 5.62. The van der Waals surface area contributed by atoms with Gasteiger partial charge < -0.3 is 9.47 Å². The summed E-state index contributed by atoms with van der Waals surface area (Å²) >= 11 is 0. The molecule has 0 radical (unpaired) electrons. The Kier molecular flexibility index (Phi) is 5.01. The van der Waals surface area contributed by atoms with Gasteiger partial charge in [-0.15, -0.1) is 0 Å². The first-order valence-electron chi connectivity index (χ1n) is 4.94. The van der Waals surface area contributed by atoms with E-state index in [1.165, 1.54) is 0 Å². The summed E-state index contributed by atoms with van der Waals surface area (Å²) < 4.78 is 10.9. The molecule has 1 heterocycles. The zero-order chi connectivity index (χ0) is 9.52. The van der Waals surface area contributed by atoms with E-state index in [0.717, 1.165) is 32.7 Å². The first kappa shape index (κ1) is 10.7. The molecule has 13 heavy (non-hydrogen) atoms. The van der Waals surface area contributed by atoms with E-state index < -0.39 is 0 Å². The zero-order valence-corrected chi connectivity index (χ0v) is 8.53. The molecule has 0 aliphatic carbocycles. The molecule has 1 atom stereocenters. The Morgan fingerprint density at radius 1 is 1.54 bits per heavy atom. The molecule has 1 saturated heterocycles. The third-order valence-electron chi connectivity index (χ3n) is 2.29. The number of hydrogen-bond acceptors (Lipinski definition) is 3. The van der Waals surface area contributed by atoms with Crippen LogP contribution in [0.1, 0.15) is 19.8 Å². The molecule has 1 rings (SSSR count). The molecule has 76 valence electrons. The molecule has 0 aromatic rings. The average molecular weight is 185 g/mol. The predicted octanol–water partition coefficient (Wildman–Crippen LogP) is 1.52. The van der Waals surface area contributed by atoms with Crippen LogP contribution in [-0.2, 0) is 9.47 Å². The molecular formula is C10H19NO2. The van der Waals surface area contributed by atoms with Crippen LogP contribution in [0.4, 0.5) is 0 Å². The van der Waals surface area contributed by atoms with Crippen molar-refractivity contribution in [3.05, 3.63) is 0 Å². The summed E-state index contributed by atoms with van der Waals surface area (Å²) in [7, 11) is 1.77. The Bertz CT molecular complexity index is 153. The average Bonchev–Trinajstić information content (AvgIpc) is 2.17. The summed E-state index contributed by atoms with van der Waals surface area (Å²) in [6.07, 6.45) is 4.25. The normalized spacial score (nSPS) is 22.3. The minimum atomic E-state index is 0.146. The second-order valence-corrected chi connectivity index (χ2v) is 3.50. The van der Waals surface area contributed by atoms with E-state index in [1.807, 2.05) is 13.1 Å². The molecule has 0 N–H and O–H groups in total. The zero-order valence-electron chi connectivity index (χ0n) is 8.53. The SMILES string of the molecule is CN=CC(C)OCC1CCOCC1. The van der Waals surface area contributed by atoms with Gasteiger partial charge in [0.25, 0.3) is 0 Å². The summed E-state index contributed by atoms with van der Waals surface area (Å²) in [6.45, 7) is 4.65. The van der Waals surface area contributed by atoms with Gasteiger partial charge in [-0.25, -0.2) is 0 Å². The van der Waals surface area contributed by atoms with E-state index >= 15 is 0 Å². The van der Waals surface area contributed by atoms with Crippen molar-refractivity contribution in [1.82, 2.24) is 0 Å². The maximum atomic E-state index is 5.62. The van der Waals surface area contributed by atoms with Gasteiger partial charge in [0.1, 0.15) is 0 Å². The highest BCUT2D eigenvalue weighted by molar-refractivity contribution is 5.62. The summed E-state index contributed by atoms with van der Waals surface area (Å²) in [4.78, 5) is 3.92. The van der Waals surface area contributed by atoms with Gasteiger partial charge in [-0.3, -0.25) is 4.99 Å². The lowest BCUT2D eigenvalue weighted by atomic mass is 10.0. The van der Waals surface area contributed by atoms with Crippen LogP contribution in [0.25, 0.3) is 0 Å². The highest BCUT2D eigenvalue weighted by Crippen LogP contribution is 2.15. The van der Waals surface area contributed by atoms with Gasteiger partial charge in [-0.05, 0) is 25.7 Å². The Labute approximate surface area is 80.1 Å². The van der Waals surface area contributed by atoms with Crippen molar-refractivity contribution < 1.29 is 9.47 Å². The number of hydrogen-bond donors (Lipinski definition) is 0. The molecule has 3 nitrogen and oxygen atoms in total. The minimum absolute atomic E-state index is 0.146. The van der Waals surface area contributed by atoms with Gasteiger partial charge in [0.2, 0.25) is 0 Å². The molecule has 1 fully saturated rings. The predicted molar refractivity (Wildman–Crippen MR) is 53.4 cm³/mol. The highest BCUT2D eigenvalue weighted by Gasteiger charge is 2.14. The first-order chi connectivity index (χ1) is 6.33. The minimum Gasteiger partial charge on any atom is -0.381 e. The number of nitrogens with zero attached hydrogens (tertiary/aromatic N) is 1. The maximum Gasteiger partial charge on any atom is 0.0893 e.